The van der Waals surface area contributed by atoms with Gasteiger partial charge in [-0.05, 0) is 51.0 Å². The van der Waals surface area contributed by atoms with Crippen LogP contribution in [-0.4, -0.2) is 31.7 Å². The quantitative estimate of drug-likeness (QED) is 0.828. The van der Waals surface area contributed by atoms with Crippen LogP contribution in [0, 0.1) is 17.8 Å². The molecule has 3 atom stereocenters. The maximum absolute atomic E-state index is 12.3. The predicted octanol–water partition coefficient (Wildman–Crippen LogP) is 1.71. The normalized spacial score (nSPS) is 29.6. The van der Waals surface area contributed by atoms with Crippen molar-refractivity contribution in [1.29, 1.82) is 0 Å². The maximum atomic E-state index is 12.3. The van der Waals surface area contributed by atoms with E-state index in [2.05, 4.69) is 12.2 Å². The Balaban J connectivity index is 0.00000180. The first-order valence-electron chi connectivity index (χ1n) is 7.30. The van der Waals surface area contributed by atoms with Crippen molar-refractivity contribution in [3.05, 3.63) is 0 Å². The van der Waals surface area contributed by atoms with Crippen molar-refractivity contribution in [2.75, 3.05) is 19.8 Å². The summed E-state index contributed by atoms with van der Waals surface area (Å²) in [7, 11) is 0. The largest absolute Gasteiger partial charge is 0.381 e. The molecule has 1 aliphatic carbocycles. The summed E-state index contributed by atoms with van der Waals surface area (Å²) in [6.45, 7) is 4.43. The Morgan fingerprint density at radius 1 is 1.32 bits per heavy atom. The lowest BCUT2D eigenvalue weighted by molar-refractivity contribution is -0.127. The molecule has 0 aromatic carbocycles. The molecule has 1 amide bonds. The number of hydrogen-bond donors (Lipinski definition) is 2. The van der Waals surface area contributed by atoms with Crippen LogP contribution in [0.25, 0.3) is 0 Å². The highest BCUT2D eigenvalue weighted by Crippen LogP contribution is 2.31. The minimum atomic E-state index is 0. The second-order valence-corrected chi connectivity index (χ2v) is 5.78. The summed E-state index contributed by atoms with van der Waals surface area (Å²) in [4.78, 5) is 12.3. The van der Waals surface area contributed by atoms with E-state index in [-0.39, 0.29) is 30.3 Å². The van der Waals surface area contributed by atoms with E-state index in [0.29, 0.717) is 18.4 Å². The van der Waals surface area contributed by atoms with Crippen LogP contribution in [0.2, 0.25) is 0 Å². The van der Waals surface area contributed by atoms with Gasteiger partial charge in [0.1, 0.15) is 0 Å². The molecule has 112 valence electrons. The fraction of sp³-hybridized carbons (Fsp3) is 0.929. The summed E-state index contributed by atoms with van der Waals surface area (Å²) in [5.74, 6) is 1.34. The lowest BCUT2D eigenvalue weighted by Crippen LogP contribution is -2.44. The van der Waals surface area contributed by atoms with E-state index in [1.807, 2.05) is 0 Å². The van der Waals surface area contributed by atoms with Gasteiger partial charge in [0.2, 0.25) is 5.91 Å². The minimum Gasteiger partial charge on any atom is -0.381 e. The fourth-order valence-corrected chi connectivity index (χ4v) is 3.33. The second-order valence-electron chi connectivity index (χ2n) is 5.78. The second kappa shape index (κ2) is 8.08. The van der Waals surface area contributed by atoms with Crippen LogP contribution in [-0.2, 0) is 9.53 Å². The van der Waals surface area contributed by atoms with Crippen molar-refractivity contribution >= 4 is 18.3 Å². The van der Waals surface area contributed by atoms with Crippen molar-refractivity contribution in [1.82, 2.24) is 5.32 Å². The number of carbonyl (C=O) groups excluding carboxylic acids is 1. The third-order valence-electron chi connectivity index (χ3n) is 4.64. The monoisotopic (exact) mass is 290 g/mol. The SMILES string of the molecule is CC(NC(=O)[C@@H]1CCC[C@@H]1CN)C1CCOCC1.Cl. The lowest BCUT2D eigenvalue weighted by Gasteiger charge is -2.30. The molecule has 5 heteroatoms. The van der Waals surface area contributed by atoms with Crippen LogP contribution in [0.3, 0.4) is 0 Å². The van der Waals surface area contributed by atoms with Gasteiger partial charge in [-0.3, -0.25) is 4.79 Å². The van der Waals surface area contributed by atoms with Gasteiger partial charge in [-0.15, -0.1) is 12.4 Å². The number of rotatable bonds is 4. The van der Waals surface area contributed by atoms with Crippen LogP contribution in [0.4, 0.5) is 0 Å². The van der Waals surface area contributed by atoms with E-state index < -0.39 is 0 Å². The lowest BCUT2D eigenvalue weighted by atomic mass is 9.91. The molecule has 4 nitrogen and oxygen atoms in total. The van der Waals surface area contributed by atoms with Crippen molar-refractivity contribution in [2.45, 2.75) is 45.1 Å². The molecule has 1 unspecified atom stereocenters. The fourth-order valence-electron chi connectivity index (χ4n) is 3.33. The molecule has 19 heavy (non-hydrogen) atoms. The van der Waals surface area contributed by atoms with Gasteiger partial charge in [-0.2, -0.15) is 0 Å². The first-order chi connectivity index (χ1) is 8.72. The van der Waals surface area contributed by atoms with Gasteiger partial charge >= 0.3 is 0 Å². The van der Waals surface area contributed by atoms with Crippen molar-refractivity contribution in [2.24, 2.45) is 23.5 Å². The Morgan fingerprint density at radius 2 is 2.00 bits per heavy atom. The van der Waals surface area contributed by atoms with Gasteiger partial charge in [0.25, 0.3) is 0 Å². The Morgan fingerprint density at radius 3 is 2.63 bits per heavy atom. The third kappa shape index (κ3) is 4.33. The molecule has 0 radical (unpaired) electrons. The Hall–Kier alpha value is -0.320. The molecule has 0 aromatic heterocycles. The molecule has 0 spiro atoms. The molecule has 2 rings (SSSR count). The summed E-state index contributed by atoms with van der Waals surface area (Å²) in [6, 6.07) is 0.264. The summed E-state index contributed by atoms with van der Waals surface area (Å²) < 4.78 is 5.36. The van der Waals surface area contributed by atoms with Crippen molar-refractivity contribution < 1.29 is 9.53 Å². The van der Waals surface area contributed by atoms with E-state index >= 15 is 0 Å². The van der Waals surface area contributed by atoms with Crippen LogP contribution >= 0.6 is 12.4 Å². The highest BCUT2D eigenvalue weighted by Gasteiger charge is 2.33. The highest BCUT2D eigenvalue weighted by atomic mass is 35.5. The maximum Gasteiger partial charge on any atom is 0.223 e. The van der Waals surface area contributed by atoms with Gasteiger partial charge in [-0.25, -0.2) is 0 Å². The molecule has 1 saturated heterocycles. The average Bonchev–Trinajstić information content (AvgIpc) is 2.88. The summed E-state index contributed by atoms with van der Waals surface area (Å²) in [5, 5.41) is 3.21. The van der Waals surface area contributed by atoms with E-state index in [9.17, 15) is 4.79 Å². The van der Waals surface area contributed by atoms with Crippen molar-refractivity contribution in [3.8, 4) is 0 Å². The highest BCUT2D eigenvalue weighted by molar-refractivity contribution is 5.85. The molecule has 0 aromatic rings. The van der Waals surface area contributed by atoms with Gasteiger partial charge in [0.15, 0.2) is 0 Å². The van der Waals surface area contributed by atoms with E-state index in [1.165, 1.54) is 0 Å². The molecule has 1 heterocycles. The van der Waals surface area contributed by atoms with Crippen LogP contribution in [0.5, 0.6) is 0 Å². The standard InChI is InChI=1S/C14H26N2O2.ClH/c1-10(11-5-7-18-8-6-11)16-14(17)13-4-2-3-12(13)9-15;/h10-13H,2-9,15H2,1H3,(H,16,17);1H/t10?,12-,13-;/m1./s1. The minimum absolute atomic E-state index is 0. The molecule has 0 bridgehead atoms. The number of hydrogen-bond acceptors (Lipinski definition) is 3. The predicted molar refractivity (Wildman–Crippen MR) is 78.3 cm³/mol. The number of nitrogens with two attached hydrogens (primary N) is 1. The van der Waals surface area contributed by atoms with E-state index in [4.69, 9.17) is 10.5 Å². The summed E-state index contributed by atoms with van der Waals surface area (Å²) in [5.41, 5.74) is 5.74. The first-order valence-corrected chi connectivity index (χ1v) is 7.30. The van der Waals surface area contributed by atoms with Gasteiger partial charge in [0, 0.05) is 25.2 Å². The van der Waals surface area contributed by atoms with Crippen LogP contribution < -0.4 is 11.1 Å². The van der Waals surface area contributed by atoms with Crippen LogP contribution in [0.1, 0.15) is 39.0 Å². The van der Waals surface area contributed by atoms with Gasteiger partial charge in [-0.1, -0.05) is 6.42 Å². The zero-order valence-corrected chi connectivity index (χ0v) is 12.6. The van der Waals surface area contributed by atoms with Gasteiger partial charge in [0.05, 0.1) is 0 Å². The summed E-state index contributed by atoms with van der Waals surface area (Å²) >= 11 is 0. The number of ether oxygens (including phenoxy) is 1. The number of halogens is 1. The van der Waals surface area contributed by atoms with Crippen molar-refractivity contribution in [3.63, 3.8) is 0 Å². The number of carbonyl (C=O) groups is 1. The molecular weight excluding hydrogens is 264 g/mol. The number of amides is 1. The average molecular weight is 291 g/mol. The molecule has 3 N–H and O–H groups in total. The zero-order chi connectivity index (χ0) is 13.0. The smallest absolute Gasteiger partial charge is 0.223 e. The van der Waals surface area contributed by atoms with Gasteiger partial charge < -0.3 is 15.8 Å². The van der Waals surface area contributed by atoms with Crippen LogP contribution in [0.15, 0.2) is 0 Å². The number of nitrogens with one attached hydrogen (secondary N) is 1. The zero-order valence-electron chi connectivity index (χ0n) is 11.8. The molecule has 2 fully saturated rings. The topological polar surface area (TPSA) is 64.4 Å². The first kappa shape index (κ1) is 16.7. The van der Waals surface area contributed by atoms with E-state index in [0.717, 1.165) is 45.3 Å². The summed E-state index contributed by atoms with van der Waals surface area (Å²) in [6.07, 6.45) is 5.39. The molecular formula is C14H27ClN2O2. The molecule has 1 saturated carbocycles. The Bertz CT molecular complexity index is 283. The Labute approximate surface area is 122 Å². The third-order valence-corrected chi connectivity index (χ3v) is 4.64. The van der Waals surface area contributed by atoms with E-state index in [1.54, 1.807) is 0 Å². The molecule has 2 aliphatic rings. The molecule has 1 aliphatic heterocycles. The Kier molecular flexibility index (Phi) is 7.11.